The first kappa shape index (κ1) is 17.3. The highest BCUT2D eigenvalue weighted by Gasteiger charge is 2.31. The molecule has 2 heterocycles. The van der Waals surface area contributed by atoms with Crippen molar-refractivity contribution in [1.29, 1.82) is 0 Å². The molecule has 1 aliphatic carbocycles. The normalized spacial score (nSPS) is 23.6. The van der Waals surface area contributed by atoms with E-state index in [1.807, 2.05) is 6.07 Å². The average Bonchev–Trinajstić information content (AvgIpc) is 2.61. The van der Waals surface area contributed by atoms with E-state index in [2.05, 4.69) is 15.3 Å². The Morgan fingerprint density at radius 2 is 2.17 bits per heavy atom. The molecule has 132 valence electrons. The highest BCUT2D eigenvalue weighted by atomic mass is 16.5. The third-order valence-electron chi connectivity index (χ3n) is 5.00. The molecule has 1 saturated carbocycles. The van der Waals surface area contributed by atoms with Gasteiger partial charge in [-0.15, -0.1) is 0 Å². The predicted octanol–water partition coefficient (Wildman–Crippen LogP) is 2.07. The second-order valence-electron chi connectivity index (χ2n) is 7.06. The second kappa shape index (κ2) is 8.03. The van der Waals surface area contributed by atoms with Gasteiger partial charge in [-0.2, -0.15) is 0 Å². The molecule has 1 atom stereocenters. The van der Waals surface area contributed by atoms with Crippen molar-refractivity contribution in [3.8, 4) is 0 Å². The van der Waals surface area contributed by atoms with Gasteiger partial charge in [0.2, 0.25) is 5.91 Å². The maximum absolute atomic E-state index is 12.1. The second-order valence-corrected chi connectivity index (χ2v) is 7.06. The number of rotatable bonds is 5. The van der Waals surface area contributed by atoms with Gasteiger partial charge in [-0.25, -0.2) is 9.97 Å². The zero-order valence-corrected chi connectivity index (χ0v) is 14.2. The molecule has 2 N–H and O–H groups in total. The van der Waals surface area contributed by atoms with Crippen LogP contribution in [0.15, 0.2) is 12.3 Å². The molecule has 2 fully saturated rings. The van der Waals surface area contributed by atoms with E-state index in [0.29, 0.717) is 13.2 Å². The lowest BCUT2D eigenvalue weighted by molar-refractivity contribution is -0.127. The van der Waals surface area contributed by atoms with Crippen LogP contribution in [-0.4, -0.2) is 39.8 Å². The summed E-state index contributed by atoms with van der Waals surface area (Å²) in [5, 5.41) is 13.3. The first-order valence-corrected chi connectivity index (χ1v) is 9.03. The Bertz CT molecular complexity index is 552. The van der Waals surface area contributed by atoms with E-state index in [4.69, 9.17) is 4.74 Å². The Labute approximate surface area is 143 Å². The van der Waals surface area contributed by atoms with Crippen molar-refractivity contribution in [2.45, 2.75) is 69.4 Å². The third-order valence-corrected chi connectivity index (χ3v) is 5.00. The van der Waals surface area contributed by atoms with Gasteiger partial charge in [0.25, 0.3) is 0 Å². The number of amides is 1. The van der Waals surface area contributed by atoms with Crippen molar-refractivity contribution in [2.75, 3.05) is 13.2 Å². The van der Waals surface area contributed by atoms with Gasteiger partial charge in [0.15, 0.2) is 0 Å². The van der Waals surface area contributed by atoms with Crippen molar-refractivity contribution in [3.05, 3.63) is 23.8 Å². The number of hydrogen-bond acceptors (Lipinski definition) is 5. The molecule has 0 radical (unpaired) electrons. The molecule has 1 aromatic heterocycles. The van der Waals surface area contributed by atoms with Crippen LogP contribution < -0.4 is 5.32 Å². The Hall–Kier alpha value is -1.53. The SMILES string of the molecule is O=C(CC1(O)CCCCC1)NCc1ccnc([C@@H]2CCCOC2)n1. The number of nitrogens with zero attached hydrogens (tertiary/aromatic N) is 2. The van der Waals surface area contributed by atoms with Gasteiger partial charge in [-0.1, -0.05) is 19.3 Å². The Balaban J connectivity index is 1.51. The smallest absolute Gasteiger partial charge is 0.223 e. The molecule has 2 aliphatic rings. The van der Waals surface area contributed by atoms with Crippen LogP contribution in [-0.2, 0) is 16.1 Å². The van der Waals surface area contributed by atoms with Gasteiger partial charge in [0.05, 0.1) is 30.9 Å². The highest BCUT2D eigenvalue weighted by Crippen LogP contribution is 2.30. The third kappa shape index (κ3) is 4.74. The van der Waals surface area contributed by atoms with Crippen molar-refractivity contribution in [2.24, 2.45) is 0 Å². The van der Waals surface area contributed by atoms with Gasteiger partial charge in [-0.05, 0) is 31.7 Å². The lowest BCUT2D eigenvalue weighted by Crippen LogP contribution is -2.38. The molecule has 1 aromatic rings. The van der Waals surface area contributed by atoms with Gasteiger partial charge < -0.3 is 15.2 Å². The maximum Gasteiger partial charge on any atom is 0.223 e. The van der Waals surface area contributed by atoms with Gasteiger partial charge in [0.1, 0.15) is 5.82 Å². The number of nitrogens with one attached hydrogen (secondary N) is 1. The summed E-state index contributed by atoms with van der Waals surface area (Å²) in [5.74, 6) is 0.935. The fraction of sp³-hybridized carbons (Fsp3) is 0.722. The van der Waals surface area contributed by atoms with Crippen molar-refractivity contribution in [3.63, 3.8) is 0 Å². The Morgan fingerprint density at radius 3 is 2.92 bits per heavy atom. The number of aromatic nitrogens is 2. The average molecular weight is 333 g/mol. The number of aliphatic hydroxyl groups is 1. The molecule has 0 bridgehead atoms. The van der Waals surface area contributed by atoms with Gasteiger partial charge in [-0.3, -0.25) is 4.79 Å². The molecule has 6 heteroatoms. The zero-order valence-electron chi connectivity index (χ0n) is 14.2. The van der Waals surface area contributed by atoms with Crippen molar-refractivity contribution >= 4 is 5.91 Å². The summed E-state index contributed by atoms with van der Waals surface area (Å²) < 4.78 is 5.49. The van der Waals surface area contributed by atoms with E-state index >= 15 is 0 Å². The van der Waals surface area contributed by atoms with E-state index < -0.39 is 5.60 Å². The van der Waals surface area contributed by atoms with Crippen LogP contribution in [0.5, 0.6) is 0 Å². The number of carbonyl (C=O) groups excluding carboxylic acids is 1. The highest BCUT2D eigenvalue weighted by molar-refractivity contribution is 5.76. The van der Waals surface area contributed by atoms with Crippen LogP contribution in [0.4, 0.5) is 0 Å². The number of carbonyl (C=O) groups is 1. The Morgan fingerprint density at radius 1 is 1.33 bits per heavy atom. The van der Waals surface area contributed by atoms with Crippen molar-refractivity contribution < 1.29 is 14.6 Å². The fourth-order valence-electron chi connectivity index (χ4n) is 3.59. The van der Waals surface area contributed by atoms with E-state index in [1.165, 1.54) is 0 Å². The molecule has 6 nitrogen and oxygen atoms in total. The molecule has 1 amide bonds. The fourth-order valence-corrected chi connectivity index (χ4v) is 3.59. The number of hydrogen-bond donors (Lipinski definition) is 2. The molecule has 24 heavy (non-hydrogen) atoms. The summed E-state index contributed by atoms with van der Waals surface area (Å²) >= 11 is 0. The van der Waals surface area contributed by atoms with Gasteiger partial charge >= 0.3 is 0 Å². The topological polar surface area (TPSA) is 84.3 Å². The maximum atomic E-state index is 12.1. The molecule has 0 aromatic carbocycles. The summed E-state index contributed by atoms with van der Waals surface area (Å²) in [6, 6.07) is 1.82. The minimum absolute atomic E-state index is 0.111. The van der Waals surface area contributed by atoms with E-state index in [0.717, 1.165) is 63.1 Å². The molecular formula is C18H27N3O3. The first-order valence-electron chi connectivity index (χ1n) is 9.03. The molecule has 1 aliphatic heterocycles. The summed E-state index contributed by atoms with van der Waals surface area (Å²) in [4.78, 5) is 21.1. The standard InChI is InChI=1S/C18H27N3O3/c22-16(11-18(23)7-2-1-3-8-18)20-12-15-6-9-19-17(21-15)14-5-4-10-24-13-14/h6,9,14,23H,1-5,7-8,10-13H2,(H,20,22)/t14-/m1/s1. The van der Waals surface area contributed by atoms with Crippen LogP contribution in [0.1, 0.15) is 68.8 Å². The molecule has 3 rings (SSSR count). The van der Waals surface area contributed by atoms with E-state index in [-0.39, 0.29) is 18.2 Å². The quantitative estimate of drug-likeness (QED) is 0.862. The Kier molecular flexibility index (Phi) is 5.79. The van der Waals surface area contributed by atoms with Crippen molar-refractivity contribution in [1.82, 2.24) is 15.3 Å². The van der Waals surface area contributed by atoms with E-state index in [9.17, 15) is 9.90 Å². The lowest BCUT2D eigenvalue weighted by atomic mass is 9.82. The molecule has 0 unspecified atom stereocenters. The van der Waals surface area contributed by atoms with Crippen LogP contribution in [0, 0.1) is 0 Å². The minimum Gasteiger partial charge on any atom is -0.389 e. The minimum atomic E-state index is -0.821. The molecule has 0 spiro atoms. The van der Waals surface area contributed by atoms with Crippen LogP contribution in [0.25, 0.3) is 0 Å². The first-order chi connectivity index (χ1) is 11.6. The lowest BCUT2D eigenvalue weighted by Gasteiger charge is -2.31. The molecular weight excluding hydrogens is 306 g/mol. The van der Waals surface area contributed by atoms with Crippen LogP contribution >= 0.6 is 0 Å². The zero-order chi connectivity index (χ0) is 16.8. The predicted molar refractivity (Wildman–Crippen MR) is 89.3 cm³/mol. The summed E-state index contributed by atoms with van der Waals surface area (Å²) in [6.07, 6.45) is 8.61. The summed E-state index contributed by atoms with van der Waals surface area (Å²) in [5.41, 5.74) is -0.0203. The summed E-state index contributed by atoms with van der Waals surface area (Å²) in [7, 11) is 0. The summed E-state index contributed by atoms with van der Waals surface area (Å²) in [6.45, 7) is 1.86. The van der Waals surface area contributed by atoms with Crippen LogP contribution in [0.3, 0.4) is 0 Å². The largest absolute Gasteiger partial charge is 0.389 e. The van der Waals surface area contributed by atoms with Crippen LogP contribution in [0.2, 0.25) is 0 Å². The number of ether oxygens (including phenoxy) is 1. The molecule has 1 saturated heterocycles. The monoisotopic (exact) mass is 333 g/mol. The van der Waals surface area contributed by atoms with E-state index in [1.54, 1.807) is 6.20 Å². The van der Waals surface area contributed by atoms with Gasteiger partial charge in [0, 0.05) is 18.7 Å².